The largest absolute Gasteiger partial charge is 0.336 e. The molecule has 0 radical (unpaired) electrons. The Morgan fingerprint density at radius 1 is 1.47 bits per heavy atom. The number of thiol groups is 1. The van der Waals surface area contributed by atoms with E-state index in [4.69, 9.17) is 0 Å². The molecule has 0 N–H and O–H groups in total. The molecule has 0 aliphatic carbocycles. The number of pyridine rings is 1. The highest BCUT2D eigenvalue weighted by Gasteiger charge is 2.23. The number of aromatic nitrogens is 1. The zero-order valence-corrected chi connectivity index (χ0v) is 11.5. The van der Waals surface area contributed by atoms with Gasteiger partial charge in [-0.25, -0.2) is 0 Å². The van der Waals surface area contributed by atoms with Gasteiger partial charge in [-0.2, -0.15) is 12.6 Å². The molecule has 1 heterocycles. The molecule has 0 aromatic carbocycles. The van der Waals surface area contributed by atoms with E-state index in [9.17, 15) is 4.79 Å². The van der Waals surface area contributed by atoms with Crippen molar-refractivity contribution in [2.45, 2.75) is 32.6 Å². The second-order valence-electron chi connectivity index (χ2n) is 4.36. The van der Waals surface area contributed by atoms with Crippen molar-refractivity contribution in [2.24, 2.45) is 5.92 Å². The van der Waals surface area contributed by atoms with E-state index >= 15 is 0 Å². The van der Waals surface area contributed by atoms with Crippen LogP contribution in [0.3, 0.4) is 0 Å². The van der Waals surface area contributed by atoms with Gasteiger partial charge in [0.15, 0.2) is 0 Å². The number of nitrogens with zero attached hydrogens (tertiary/aromatic N) is 2. The van der Waals surface area contributed by atoms with Crippen molar-refractivity contribution in [3.63, 3.8) is 0 Å². The standard InChI is InChI=1S/C13H20N2OS/c1-4-15(13(16)12(17)10(2)3)9-11-7-5-6-8-14-11/h5-8,10,12,17H,4,9H2,1-3H3. The van der Waals surface area contributed by atoms with Gasteiger partial charge in [0.05, 0.1) is 17.5 Å². The summed E-state index contributed by atoms with van der Waals surface area (Å²) in [6.45, 7) is 7.22. The minimum atomic E-state index is -0.237. The molecular formula is C13H20N2OS. The first-order valence-electron chi connectivity index (χ1n) is 5.93. The van der Waals surface area contributed by atoms with Crippen LogP contribution in [0.15, 0.2) is 24.4 Å². The smallest absolute Gasteiger partial charge is 0.236 e. The van der Waals surface area contributed by atoms with Crippen LogP contribution >= 0.6 is 12.6 Å². The van der Waals surface area contributed by atoms with Crippen molar-refractivity contribution in [2.75, 3.05) is 6.54 Å². The quantitative estimate of drug-likeness (QED) is 0.816. The molecule has 0 saturated carbocycles. The molecule has 94 valence electrons. The van der Waals surface area contributed by atoms with Crippen LogP contribution in [0.1, 0.15) is 26.5 Å². The summed E-state index contributed by atoms with van der Waals surface area (Å²) >= 11 is 4.37. The van der Waals surface area contributed by atoms with Gasteiger partial charge in [0.1, 0.15) is 0 Å². The second-order valence-corrected chi connectivity index (χ2v) is 4.92. The lowest BCUT2D eigenvalue weighted by Crippen LogP contribution is -2.38. The van der Waals surface area contributed by atoms with Gasteiger partial charge in [-0.3, -0.25) is 9.78 Å². The van der Waals surface area contributed by atoms with Crippen LogP contribution in [0.2, 0.25) is 0 Å². The molecule has 0 saturated heterocycles. The van der Waals surface area contributed by atoms with E-state index in [1.807, 2.05) is 39.0 Å². The maximum atomic E-state index is 12.1. The summed E-state index contributed by atoms with van der Waals surface area (Å²) < 4.78 is 0. The van der Waals surface area contributed by atoms with Crippen LogP contribution < -0.4 is 0 Å². The van der Waals surface area contributed by atoms with E-state index in [1.54, 1.807) is 11.1 Å². The number of hydrogen-bond donors (Lipinski definition) is 1. The van der Waals surface area contributed by atoms with E-state index in [0.717, 1.165) is 5.69 Å². The molecule has 0 aliphatic rings. The van der Waals surface area contributed by atoms with Crippen molar-refractivity contribution < 1.29 is 4.79 Å². The van der Waals surface area contributed by atoms with Gasteiger partial charge in [-0.15, -0.1) is 0 Å². The van der Waals surface area contributed by atoms with Crippen LogP contribution in [0.25, 0.3) is 0 Å². The molecule has 1 atom stereocenters. The highest BCUT2D eigenvalue weighted by Crippen LogP contribution is 2.14. The van der Waals surface area contributed by atoms with Crippen LogP contribution in [0.5, 0.6) is 0 Å². The minimum Gasteiger partial charge on any atom is -0.336 e. The zero-order chi connectivity index (χ0) is 12.8. The van der Waals surface area contributed by atoms with Crippen LogP contribution in [0, 0.1) is 5.92 Å². The van der Waals surface area contributed by atoms with Crippen LogP contribution in [-0.4, -0.2) is 27.6 Å². The summed E-state index contributed by atoms with van der Waals surface area (Å²) in [4.78, 5) is 18.2. The maximum Gasteiger partial charge on any atom is 0.236 e. The highest BCUT2D eigenvalue weighted by atomic mass is 32.1. The molecule has 4 heteroatoms. The Labute approximate surface area is 109 Å². The Bertz CT molecular complexity index is 354. The monoisotopic (exact) mass is 252 g/mol. The van der Waals surface area contributed by atoms with Gasteiger partial charge in [0.25, 0.3) is 0 Å². The van der Waals surface area contributed by atoms with E-state index in [1.165, 1.54) is 0 Å². The van der Waals surface area contributed by atoms with Crippen molar-refractivity contribution in [3.05, 3.63) is 30.1 Å². The Morgan fingerprint density at radius 3 is 2.65 bits per heavy atom. The van der Waals surface area contributed by atoms with E-state index in [-0.39, 0.29) is 17.1 Å². The fourth-order valence-electron chi connectivity index (χ4n) is 1.50. The fourth-order valence-corrected chi connectivity index (χ4v) is 1.67. The first-order valence-corrected chi connectivity index (χ1v) is 6.44. The summed E-state index contributed by atoms with van der Waals surface area (Å²) in [6, 6.07) is 5.73. The molecule has 1 amide bonds. The lowest BCUT2D eigenvalue weighted by atomic mass is 10.1. The Hall–Kier alpha value is -1.03. The molecule has 0 spiro atoms. The van der Waals surface area contributed by atoms with E-state index in [0.29, 0.717) is 13.1 Å². The van der Waals surface area contributed by atoms with Crippen LogP contribution in [-0.2, 0) is 11.3 Å². The number of carbonyl (C=O) groups excluding carboxylic acids is 1. The average molecular weight is 252 g/mol. The Kier molecular flexibility index (Phi) is 5.48. The summed E-state index contributed by atoms with van der Waals surface area (Å²) in [6.07, 6.45) is 1.74. The van der Waals surface area contributed by atoms with E-state index < -0.39 is 0 Å². The van der Waals surface area contributed by atoms with Gasteiger partial charge in [0, 0.05) is 12.7 Å². The summed E-state index contributed by atoms with van der Waals surface area (Å²) in [5.41, 5.74) is 0.909. The fraction of sp³-hybridized carbons (Fsp3) is 0.538. The first-order chi connectivity index (χ1) is 8.06. The lowest BCUT2D eigenvalue weighted by molar-refractivity contribution is -0.131. The molecule has 1 rings (SSSR count). The van der Waals surface area contributed by atoms with Gasteiger partial charge < -0.3 is 4.90 Å². The highest BCUT2D eigenvalue weighted by molar-refractivity contribution is 7.81. The maximum absolute atomic E-state index is 12.1. The van der Waals surface area contributed by atoms with Gasteiger partial charge in [0.2, 0.25) is 5.91 Å². The van der Waals surface area contributed by atoms with Gasteiger partial charge in [-0.1, -0.05) is 19.9 Å². The summed E-state index contributed by atoms with van der Waals surface area (Å²) in [7, 11) is 0. The third kappa shape index (κ3) is 4.04. The number of hydrogen-bond acceptors (Lipinski definition) is 3. The molecule has 1 unspecified atom stereocenters. The number of amides is 1. The molecule has 1 aromatic heterocycles. The SMILES string of the molecule is CCN(Cc1ccccn1)C(=O)C(S)C(C)C. The molecule has 0 bridgehead atoms. The lowest BCUT2D eigenvalue weighted by Gasteiger charge is -2.25. The van der Waals surface area contributed by atoms with Crippen molar-refractivity contribution in [1.29, 1.82) is 0 Å². The van der Waals surface area contributed by atoms with Gasteiger partial charge >= 0.3 is 0 Å². The Balaban J connectivity index is 2.69. The first kappa shape index (κ1) is 14.0. The molecule has 17 heavy (non-hydrogen) atoms. The molecule has 3 nitrogen and oxygen atoms in total. The van der Waals surface area contributed by atoms with Crippen molar-refractivity contribution in [3.8, 4) is 0 Å². The average Bonchev–Trinajstić information content (AvgIpc) is 2.35. The minimum absolute atomic E-state index is 0.0801. The second kappa shape index (κ2) is 6.64. The Morgan fingerprint density at radius 2 is 2.18 bits per heavy atom. The van der Waals surface area contributed by atoms with E-state index in [2.05, 4.69) is 17.6 Å². The number of rotatable bonds is 5. The zero-order valence-electron chi connectivity index (χ0n) is 10.6. The van der Waals surface area contributed by atoms with Gasteiger partial charge in [-0.05, 0) is 25.0 Å². The molecular weight excluding hydrogens is 232 g/mol. The molecule has 1 aromatic rings. The third-order valence-corrected chi connectivity index (χ3v) is 3.47. The normalized spacial score (nSPS) is 12.5. The number of carbonyl (C=O) groups is 1. The van der Waals surface area contributed by atoms with Crippen molar-refractivity contribution >= 4 is 18.5 Å². The summed E-state index contributed by atoms with van der Waals surface area (Å²) in [5.74, 6) is 0.320. The predicted molar refractivity (Wildman–Crippen MR) is 72.9 cm³/mol. The molecule has 0 aliphatic heterocycles. The molecule has 0 fully saturated rings. The third-order valence-electron chi connectivity index (χ3n) is 2.66. The predicted octanol–water partition coefficient (Wildman–Crippen LogP) is 2.38. The topological polar surface area (TPSA) is 33.2 Å². The van der Waals surface area contributed by atoms with Crippen molar-refractivity contribution in [1.82, 2.24) is 9.88 Å². The van der Waals surface area contributed by atoms with Crippen LogP contribution in [0.4, 0.5) is 0 Å². The summed E-state index contributed by atoms with van der Waals surface area (Å²) in [5, 5.41) is -0.237.